The van der Waals surface area contributed by atoms with Crippen molar-refractivity contribution in [3.05, 3.63) is 35.9 Å². The molecule has 2 radical (unpaired) electrons. The Labute approximate surface area is 116 Å². The van der Waals surface area contributed by atoms with Gasteiger partial charge in [-0.1, -0.05) is 56.2 Å². The fourth-order valence-corrected chi connectivity index (χ4v) is 6.69. The van der Waals surface area contributed by atoms with Crippen LogP contribution in [0.3, 0.4) is 0 Å². The van der Waals surface area contributed by atoms with E-state index < -0.39 is 0 Å². The van der Waals surface area contributed by atoms with Crippen molar-refractivity contribution in [1.82, 2.24) is 4.23 Å². The smallest absolute Gasteiger partial charge is 0.122 e. The standard InChI is InChI=1S/C15H23NSi2/c1-17(2)16(18(3)4)14-10-6-9-13-15-11-7-5-8-12-15/h5,7-8,11-12H,6,10,14H2,1-4H3. The lowest BCUT2D eigenvalue weighted by atomic mass is 10.2. The molecule has 0 spiro atoms. The third kappa shape index (κ3) is 5.68. The zero-order chi connectivity index (χ0) is 13.4. The van der Waals surface area contributed by atoms with Gasteiger partial charge in [0.15, 0.2) is 0 Å². The lowest BCUT2D eigenvalue weighted by molar-refractivity contribution is 0.615. The maximum absolute atomic E-state index is 3.28. The van der Waals surface area contributed by atoms with Crippen molar-refractivity contribution in [2.45, 2.75) is 39.0 Å². The molecule has 0 heterocycles. The second kappa shape index (κ2) is 8.31. The molecule has 0 aliphatic carbocycles. The molecule has 0 aliphatic heterocycles. The number of nitrogens with zero attached hydrogens (tertiary/aromatic N) is 1. The average molecular weight is 274 g/mol. The normalized spacial score (nSPS) is 10.8. The number of rotatable bonds is 5. The van der Waals surface area contributed by atoms with Gasteiger partial charge in [-0.15, -0.1) is 0 Å². The Kier molecular flexibility index (Phi) is 7.03. The quantitative estimate of drug-likeness (QED) is 0.450. The first kappa shape index (κ1) is 15.2. The zero-order valence-electron chi connectivity index (χ0n) is 12.0. The van der Waals surface area contributed by atoms with E-state index in [0.29, 0.717) is 0 Å². The first-order valence-electron chi connectivity index (χ1n) is 6.53. The zero-order valence-corrected chi connectivity index (χ0v) is 14.0. The fraction of sp³-hybridized carbons (Fsp3) is 0.467. The molecule has 0 N–H and O–H groups in total. The molecule has 1 aromatic carbocycles. The van der Waals surface area contributed by atoms with Crippen molar-refractivity contribution in [3.63, 3.8) is 0 Å². The van der Waals surface area contributed by atoms with E-state index in [1.165, 1.54) is 13.0 Å². The first-order valence-corrected chi connectivity index (χ1v) is 11.4. The lowest BCUT2D eigenvalue weighted by Crippen LogP contribution is -2.43. The Hall–Kier alpha value is -0.826. The molecule has 0 unspecified atom stereocenters. The average Bonchev–Trinajstić information content (AvgIpc) is 2.34. The molecule has 0 amide bonds. The lowest BCUT2D eigenvalue weighted by Gasteiger charge is -2.28. The van der Waals surface area contributed by atoms with Crippen molar-refractivity contribution in [2.24, 2.45) is 0 Å². The summed E-state index contributed by atoms with van der Waals surface area (Å²) in [5.41, 5.74) is 1.13. The van der Waals surface area contributed by atoms with Crippen LogP contribution < -0.4 is 0 Å². The van der Waals surface area contributed by atoms with Crippen molar-refractivity contribution >= 4 is 17.9 Å². The van der Waals surface area contributed by atoms with Crippen LogP contribution in [0.5, 0.6) is 0 Å². The van der Waals surface area contributed by atoms with Crippen LogP contribution in [0.2, 0.25) is 26.2 Å². The SMILES string of the molecule is C[Si](C)N(CCCC#Cc1ccccc1)[Si](C)C. The van der Waals surface area contributed by atoms with Gasteiger partial charge in [-0.2, -0.15) is 0 Å². The second-order valence-corrected chi connectivity index (χ2v) is 10.1. The van der Waals surface area contributed by atoms with Gasteiger partial charge < -0.3 is 4.23 Å². The van der Waals surface area contributed by atoms with Crippen LogP contribution in [0, 0.1) is 11.8 Å². The van der Waals surface area contributed by atoms with Gasteiger partial charge >= 0.3 is 0 Å². The fourth-order valence-electron chi connectivity index (χ4n) is 1.91. The summed E-state index contributed by atoms with van der Waals surface area (Å²) in [6, 6.07) is 10.2. The van der Waals surface area contributed by atoms with Crippen LogP contribution in [0.4, 0.5) is 0 Å². The second-order valence-electron chi connectivity index (χ2n) is 4.82. The maximum atomic E-state index is 3.28. The maximum Gasteiger partial charge on any atom is 0.122 e. The van der Waals surface area contributed by atoms with Gasteiger partial charge in [0.25, 0.3) is 0 Å². The third-order valence-corrected chi connectivity index (χ3v) is 8.06. The van der Waals surface area contributed by atoms with Gasteiger partial charge in [0.1, 0.15) is 17.9 Å². The van der Waals surface area contributed by atoms with Gasteiger partial charge in [0, 0.05) is 12.0 Å². The Morgan fingerprint density at radius 2 is 1.61 bits per heavy atom. The van der Waals surface area contributed by atoms with Crippen LogP contribution in [0.1, 0.15) is 18.4 Å². The molecule has 0 bridgehead atoms. The monoisotopic (exact) mass is 273 g/mol. The molecular formula is C15H23NSi2. The van der Waals surface area contributed by atoms with Crippen LogP contribution in [0.15, 0.2) is 30.3 Å². The van der Waals surface area contributed by atoms with E-state index in [9.17, 15) is 0 Å². The van der Waals surface area contributed by atoms with Crippen LogP contribution >= 0.6 is 0 Å². The van der Waals surface area contributed by atoms with E-state index in [2.05, 4.69) is 54.4 Å². The summed E-state index contributed by atoms with van der Waals surface area (Å²) >= 11 is 0. The molecule has 1 nitrogen and oxygen atoms in total. The van der Waals surface area contributed by atoms with Crippen molar-refractivity contribution < 1.29 is 0 Å². The highest BCUT2D eigenvalue weighted by atomic mass is 28.3. The first-order chi connectivity index (χ1) is 8.61. The Morgan fingerprint density at radius 1 is 1.00 bits per heavy atom. The summed E-state index contributed by atoms with van der Waals surface area (Å²) in [5.74, 6) is 6.51. The van der Waals surface area contributed by atoms with E-state index in [-0.39, 0.29) is 17.9 Å². The van der Waals surface area contributed by atoms with Crippen LogP contribution in [0.25, 0.3) is 0 Å². The molecule has 18 heavy (non-hydrogen) atoms. The third-order valence-electron chi connectivity index (χ3n) is 2.77. The highest BCUT2D eigenvalue weighted by Gasteiger charge is 2.14. The Morgan fingerprint density at radius 3 is 2.17 bits per heavy atom. The summed E-state index contributed by atoms with van der Waals surface area (Å²) in [6.45, 7) is 10.8. The molecule has 96 valence electrons. The molecule has 0 fully saturated rings. The van der Waals surface area contributed by atoms with Gasteiger partial charge in [0.05, 0.1) is 0 Å². The number of unbranched alkanes of at least 4 members (excludes halogenated alkanes) is 1. The van der Waals surface area contributed by atoms with Crippen LogP contribution in [-0.4, -0.2) is 28.7 Å². The summed E-state index contributed by atoms with van der Waals surface area (Å²) in [4.78, 5) is 0. The van der Waals surface area contributed by atoms with E-state index in [0.717, 1.165) is 12.0 Å². The number of benzene rings is 1. The van der Waals surface area contributed by atoms with Gasteiger partial charge in [-0.25, -0.2) is 0 Å². The van der Waals surface area contributed by atoms with Crippen molar-refractivity contribution in [1.29, 1.82) is 0 Å². The van der Waals surface area contributed by atoms with E-state index in [1.54, 1.807) is 0 Å². The Bertz CT molecular complexity index is 382. The molecule has 0 aromatic heterocycles. The summed E-state index contributed by atoms with van der Waals surface area (Å²) in [7, 11) is -0.562. The molecule has 0 aliphatic rings. The van der Waals surface area contributed by atoms with Crippen molar-refractivity contribution in [2.75, 3.05) is 6.54 Å². The minimum absolute atomic E-state index is 0.281. The Balaban J connectivity index is 2.32. The van der Waals surface area contributed by atoms with E-state index >= 15 is 0 Å². The molecular weight excluding hydrogens is 250 g/mol. The van der Waals surface area contributed by atoms with E-state index in [4.69, 9.17) is 0 Å². The predicted octanol–water partition coefficient (Wildman–Crippen LogP) is 3.62. The topological polar surface area (TPSA) is 3.24 Å². The van der Waals surface area contributed by atoms with Gasteiger partial charge in [0.2, 0.25) is 0 Å². The summed E-state index contributed by atoms with van der Waals surface area (Å²) in [5, 5.41) is 0. The molecule has 1 rings (SSSR count). The molecule has 3 heteroatoms. The molecule has 1 aromatic rings. The minimum Gasteiger partial charge on any atom is -0.347 e. The van der Waals surface area contributed by atoms with Crippen LogP contribution in [-0.2, 0) is 0 Å². The molecule has 0 saturated carbocycles. The number of hydrogen-bond acceptors (Lipinski definition) is 1. The largest absolute Gasteiger partial charge is 0.347 e. The summed E-state index contributed by atoms with van der Waals surface area (Å²) in [6.07, 6.45) is 2.21. The highest BCUT2D eigenvalue weighted by Crippen LogP contribution is 2.03. The minimum atomic E-state index is -0.281. The highest BCUT2D eigenvalue weighted by molar-refractivity contribution is 6.69. The van der Waals surface area contributed by atoms with Gasteiger partial charge in [-0.3, -0.25) is 0 Å². The molecule has 0 saturated heterocycles. The molecule has 0 atom stereocenters. The van der Waals surface area contributed by atoms with Gasteiger partial charge in [-0.05, 0) is 25.1 Å². The van der Waals surface area contributed by atoms with Crippen molar-refractivity contribution in [3.8, 4) is 11.8 Å². The predicted molar refractivity (Wildman–Crippen MR) is 84.2 cm³/mol. The number of hydrogen-bond donors (Lipinski definition) is 0. The summed E-state index contributed by atoms with van der Waals surface area (Å²) < 4.78 is 2.72. The van der Waals surface area contributed by atoms with E-state index in [1.807, 2.05) is 18.2 Å².